The Labute approximate surface area is 112 Å². The third kappa shape index (κ3) is 2.14. The lowest BCUT2D eigenvalue weighted by Gasteiger charge is -2.39. The maximum absolute atomic E-state index is 12.4. The normalized spacial score (nSPS) is 16.9. The summed E-state index contributed by atoms with van der Waals surface area (Å²) in [6.45, 7) is 2.08. The minimum atomic E-state index is -0.0625. The maximum Gasteiger partial charge on any atom is 0.252 e. The number of amides is 1. The lowest BCUT2D eigenvalue weighted by molar-refractivity contribution is 0.0852. The lowest BCUT2D eigenvalue weighted by Crippen LogP contribution is -2.51. The van der Waals surface area contributed by atoms with E-state index in [1.165, 1.54) is 6.42 Å². The molecule has 19 heavy (non-hydrogen) atoms. The lowest BCUT2D eigenvalue weighted by atomic mass is 9.78. The summed E-state index contributed by atoms with van der Waals surface area (Å²) in [5.74, 6) is 0.315. The summed E-state index contributed by atoms with van der Waals surface area (Å²) < 4.78 is 0. The minimum Gasteiger partial charge on any atom is -0.384 e. The number of nitrogen functional groups attached to an aromatic ring is 1. The van der Waals surface area contributed by atoms with Crippen molar-refractivity contribution in [2.24, 2.45) is 0 Å². The molecule has 2 aromatic rings. The Morgan fingerprint density at radius 2 is 2.11 bits per heavy atom. The monoisotopic (exact) mass is 255 g/mol. The van der Waals surface area contributed by atoms with Gasteiger partial charge in [0.05, 0.1) is 11.1 Å². The van der Waals surface area contributed by atoms with Gasteiger partial charge in [-0.15, -0.1) is 0 Å². The van der Waals surface area contributed by atoms with Crippen molar-refractivity contribution in [2.45, 2.75) is 31.7 Å². The van der Waals surface area contributed by atoms with Crippen molar-refractivity contribution >= 4 is 22.6 Å². The number of pyridine rings is 1. The van der Waals surface area contributed by atoms with Crippen molar-refractivity contribution in [3.63, 3.8) is 0 Å². The number of anilines is 1. The first-order valence-corrected chi connectivity index (χ1v) is 6.55. The molecule has 0 aliphatic heterocycles. The fourth-order valence-electron chi connectivity index (χ4n) is 2.56. The van der Waals surface area contributed by atoms with Crippen molar-refractivity contribution < 1.29 is 4.79 Å². The summed E-state index contributed by atoms with van der Waals surface area (Å²) in [6.07, 6.45) is 3.25. The van der Waals surface area contributed by atoms with Gasteiger partial charge in [0, 0.05) is 10.9 Å². The number of aromatic nitrogens is 1. The fraction of sp³-hybridized carbons (Fsp3) is 0.333. The molecule has 0 saturated heterocycles. The average Bonchev–Trinajstić information content (AvgIpc) is 2.35. The molecule has 1 aliphatic carbocycles. The van der Waals surface area contributed by atoms with Crippen LogP contribution in [0.2, 0.25) is 0 Å². The maximum atomic E-state index is 12.4. The van der Waals surface area contributed by atoms with Gasteiger partial charge in [-0.25, -0.2) is 4.98 Å². The van der Waals surface area contributed by atoms with Crippen LogP contribution in [0, 0.1) is 0 Å². The second-order valence-electron chi connectivity index (χ2n) is 5.48. The van der Waals surface area contributed by atoms with Gasteiger partial charge in [0.1, 0.15) is 5.82 Å². The van der Waals surface area contributed by atoms with Gasteiger partial charge in [-0.1, -0.05) is 18.2 Å². The van der Waals surface area contributed by atoms with Crippen LogP contribution in [-0.4, -0.2) is 16.4 Å². The number of rotatable bonds is 2. The molecule has 0 radical (unpaired) electrons. The summed E-state index contributed by atoms with van der Waals surface area (Å²) in [5.41, 5.74) is 7.09. The molecule has 4 nitrogen and oxygen atoms in total. The summed E-state index contributed by atoms with van der Waals surface area (Å²) in [6, 6.07) is 9.22. The Balaban J connectivity index is 2.01. The highest BCUT2D eigenvalue weighted by molar-refractivity contribution is 6.07. The van der Waals surface area contributed by atoms with Gasteiger partial charge in [-0.05, 0) is 38.3 Å². The van der Waals surface area contributed by atoms with E-state index in [4.69, 9.17) is 5.73 Å². The van der Waals surface area contributed by atoms with Crippen molar-refractivity contribution in [2.75, 3.05) is 5.73 Å². The predicted molar refractivity (Wildman–Crippen MR) is 75.9 cm³/mol. The molecule has 4 heteroatoms. The average molecular weight is 255 g/mol. The standard InChI is InChI=1S/C15H17N3O/c1-15(7-4-8-15)18-14(19)11-9-13(16)17-12-6-3-2-5-10(11)12/h2-3,5-6,9H,4,7-8H2,1H3,(H2,16,17)(H,18,19). The van der Waals surface area contributed by atoms with Gasteiger partial charge in [0.15, 0.2) is 0 Å². The number of nitrogens with zero attached hydrogens (tertiary/aromatic N) is 1. The summed E-state index contributed by atoms with van der Waals surface area (Å²) in [4.78, 5) is 16.7. The fourth-order valence-corrected chi connectivity index (χ4v) is 2.56. The number of fused-ring (bicyclic) bond motifs is 1. The Kier molecular flexibility index (Phi) is 2.66. The second kappa shape index (κ2) is 4.23. The van der Waals surface area contributed by atoms with Crippen molar-refractivity contribution in [3.8, 4) is 0 Å². The Bertz CT molecular complexity index is 647. The van der Waals surface area contributed by atoms with Crippen molar-refractivity contribution in [1.82, 2.24) is 10.3 Å². The molecule has 0 atom stereocenters. The van der Waals surface area contributed by atoms with Crippen LogP contribution in [0.15, 0.2) is 30.3 Å². The Morgan fingerprint density at radius 1 is 1.37 bits per heavy atom. The van der Waals surface area contributed by atoms with E-state index in [0.717, 1.165) is 23.7 Å². The molecule has 3 N–H and O–H groups in total. The predicted octanol–water partition coefficient (Wildman–Crippen LogP) is 2.49. The Morgan fingerprint density at radius 3 is 2.79 bits per heavy atom. The molecule has 1 saturated carbocycles. The highest BCUT2D eigenvalue weighted by Gasteiger charge is 2.33. The molecule has 1 aliphatic rings. The van der Waals surface area contributed by atoms with Crippen LogP contribution < -0.4 is 11.1 Å². The number of nitrogens with two attached hydrogens (primary N) is 1. The molecule has 1 aromatic heterocycles. The van der Waals surface area contributed by atoms with Crippen LogP contribution >= 0.6 is 0 Å². The van der Waals surface area contributed by atoms with Crippen LogP contribution in [0.3, 0.4) is 0 Å². The number of hydrogen-bond acceptors (Lipinski definition) is 3. The molecular formula is C15H17N3O. The largest absolute Gasteiger partial charge is 0.384 e. The molecule has 0 spiro atoms. The van der Waals surface area contributed by atoms with Gasteiger partial charge in [-0.2, -0.15) is 0 Å². The summed E-state index contributed by atoms with van der Waals surface area (Å²) in [5, 5.41) is 3.95. The first-order valence-electron chi connectivity index (χ1n) is 6.55. The summed E-state index contributed by atoms with van der Waals surface area (Å²) in [7, 11) is 0. The molecule has 0 bridgehead atoms. The van der Waals surface area contributed by atoms with Gasteiger partial charge < -0.3 is 11.1 Å². The molecule has 0 unspecified atom stereocenters. The number of benzene rings is 1. The van der Waals surface area contributed by atoms with Gasteiger partial charge in [0.25, 0.3) is 5.91 Å². The van der Waals surface area contributed by atoms with Crippen molar-refractivity contribution in [3.05, 3.63) is 35.9 Å². The molecule has 98 valence electrons. The van der Waals surface area contributed by atoms with Crippen LogP contribution in [-0.2, 0) is 0 Å². The third-order valence-electron chi connectivity index (χ3n) is 3.85. The number of hydrogen-bond donors (Lipinski definition) is 2. The number of nitrogens with one attached hydrogen (secondary N) is 1. The topological polar surface area (TPSA) is 68.0 Å². The molecule has 1 fully saturated rings. The van der Waals surface area contributed by atoms with Crippen LogP contribution in [0.1, 0.15) is 36.5 Å². The third-order valence-corrected chi connectivity index (χ3v) is 3.85. The zero-order valence-corrected chi connectivity index (χ0v) is 10.9. The van der Waals surface area contributed by atoms with E-state index in [0.29, 0.717) is 11.4 Å². The molecule has 1 aromatic carbocycles. The highest BCUT2D eigenvalue weighted by Crippen LogP contribution is 2.31. The molecule has 1 heterocycles. The van der Waals surface area contributed by atoms with Crippen LogP contribution in [0.25, 0.3) is 10.9 Å². The van der Waals surface area contributed by atoms with E-state index in [9.17, 15) is 4.79 Å². The molecular weight excluding hydrogens is 238 g/mol. The number of carbonyl (C=O) groups is 1. The van der Waals surface area contributed by atoms with Crippen LogP contribution in [0.5, 0.6) is 0 Å². The first kappa shape index (κ1) is 12.0. The van der Waals surface area contributed by atoms with E-state index in [2.05, 4.69) is 17.2 Å². The smallest absolute Gasteiger partial charge is 0.252 e. The van der Waals surface area contributed by atoms with Gasteiger partial charge in [-0.3, -0.25) is 4.79 Å². The van der Waals surface area contributed by atoms with Crippen LogP contribution in [0.4, 0.5) is 5.82 Å². The minimum absolute atomic E-state index is 0.0593. The van der Waals surface area contributed by atoms with E-state index in [-0.39, 0.29) is 11.4 Å². The van der Waals surface area contributed by atoms with E-state index >= 15 is 0 Å². The highest BCUT2D eigenvalue weighted by atomic mass is 16.1. The second-order valence-corrected chi connectivity index (χ2v) is 5.48. The number of carbonyl (C=O) groups excluding carboxylic acids is 1. The summed E-state index contributed by atoms with van der Waals surface area (Å²) >= 11 is 0. The van der Waals surface area contributed by atoms with E-state index in [1.54, 1.807) is 6.07 Å². The van der Waals surface area contributed by atoms with Gasteiger partial charge in [0.2, 0.25) is 0 Å². The molecule has 1 amide bonds. The van der Waals surface area contributed by atoms with E-state index in [1.807, 2.05) is 24.3 Å². The first-order chi connectivity index (χ1) is 9.07. The Hall–Kier alpha value is -2.10. The van der Waals surface area contributed by atoms with Gasteiger partial charge >= 0.3 is 0 Å². The zero-order valence-electron chi connectivity index (χ0n) is 10.9. The van der Waals surface area contributed by atoms with Crippen molar-refractivity contribution in [1.29, 1.82) is 0 Å². The number of para-hydroxylation sites is 1. The zero-order chi connectivity index (χ0) is 13.5. The SMILES string of the molecule is CC1(NC(=O)c2cc(N)nc3ccccc23)CCC1. The quantitative estimate of drug-likeness (QED) is 0.866. The molecule has 3 rings (SSSR count). The van der Waals surface area contributed by atoms with E-state index < -0.39 is 0 Å².